The van der Waals surface area contributed by atoms with Crippen LogP contribution >= 0.6 is 0 Å². The van der Waals surface area contributed by atoms with Gasteiger partial charge in [0, 0.05) is 24.4 Å². The molecule has 0 aliphatic rings. The molecule has 2 heteroatoms. The monoisotopic (exact) mass is 202 g/mol. The van der Waals surface area contributed by atoms with Crippen molar-refractivity contribution in [3.63, 3.8) is 0 Å². The fourth-order valence-corrected chi connectivity index (χ4v) is 2.51. The van der Waals surface area contributed by atoms with Crippen LogP contribution in [0.1, 0.15) is 32.0 Å². The number of hydrogen-bond donors (Lipinski definition) is 0. The third-order valence-electron chi connectivity index (χ3n) is 2.90. The van der Waals surface area contributed by atoms with E-state index in [1.807, 2.05) is 12.3 Å². The van der Waals surface area contributed by atoms with Crippen molar-refractivity contribution in [1.82, 2.24) is 9.55 Å². The summed E-state index contributed by atoms with van der Waals surface area (Å²) in [4.78, 5) is 4.45. The van der Waals surface area contributed by atoms with Crippen LogP contribution in [-0.2, 0) is 12.5 Å². The van der Waals surface area contributed by atoms with E-state index in [0.29, 0.717) is 0 Å². The van der Waals surface area contributed by atoms with E-state index in [1.165, 1.54) is 16.8 Å². The molecule has 15 heavy (non-hydrogen) atoms. The molecule has 80 valence electrons. The zero-order valence-electron chi connectivity index (χ0n) is 10.1. The van der Waals surface area contributed by atoms with E-state index in [-0.39, 0.29) is 5.41 Å². The van der Waals surface area contributed by atoms with Crippen molar-refractivity contribution in [3.05, 3.63) is 29.6 Å². The summed E-state index contributed by atoms with van der Waals surface area (Å²) >= 11 is 0. The van der Waals surface area contributed by atoms with Crippen LogP contribution in [0, 0.1) is 6.92 Å². The van der Waals surface area contributed by atoms with Crippen LogP contribution in [0.15, 0.2) is 18.3 Å². The molecule has 2 heterocycles. The van der Waals surface area contributed by atoms with Gasteiger partial charge in [0.2, 0.25) is 0 Å². The fraction of sp³-hybridized carbons (Fsp3) is 0.462. The van der Waals surface area contributed by atoms with Crippen molar-refractivity contribution in [3.8, 4) is 0 Å². The highest BCUT2D eigenvalue weighted by atomic mass is 15.0. The van der Waals surface area contributed by atoms with E-state index < -0.39 is 0 Å². The second-order valence-electron chi connectivity index (χ2n) is 5.15. The van der Waals surface area contributed by atoms with Gasteiger partial charge in [-0.1, -0.05) is 20.8 Å². The Morgan fingerprint density at radius 1 is 1.27 bits per heavy atom. The van der Waals surface area contributed by atoms with Gasteiger partial charge in [0.25, 0.3) is 0 Å². The van der Waals surface area contributed by atoms with Gasteiger partial charge in [0.1, 0.15) is 0 Å². The molecule has 0 saturated heterocycles. The van der Waals surface area contributed by atoms with Gasteiger partial charge >= 0.3 is 0 Å². The maximum atomic E-state index is 4.45. The SMILES string of the molecule is Cc1c(C(C)(C)C)n(C)c2cccnc12. The first-order chi connectivity index (χ1) is 6.93. The highest BCUT2D eigenvalue weighted by Gasteiger charge is 2.23. The summed E-state index contributed by atoms with van der Waals surface area (Å²) < 4.78 is 2.26. The van der Waals surface area contributed by atoms with Crippen LogP contribution in [0.25, 0.3) is 11.0 Å². The zero-order chi connectivity index (χ0) is 11.2. The molecule has 0 unspecified atom stereocenters. The molecule has 0 radical (unpaired) electrons. The Balaban J connectivity index is 2.87. The summed E-state index contributed by atoms with van der Waals surface area (Å²) in [6.07, 6.45) is 1.86. The Labute approximate surface area is 90.9 Å². The molecular formula is C13H18N2. The van der Waals surface area contributed by atoms with E-state index in [2.05, 4.69) is 50.4 Å². The van der Waals surface area contributed by atoms with Crippen LogP contribution in [0.4, 0.5) is 0 Å². The normalized spacial score (nSPS) is 12.3. The van der Waals surface area contributed by atoms with E-state index in [9.17, 15) is 0 Å². The molecule has 0 aromatic carbocycles. The van der Waals surface area contributed by atoms with Crippen molar-refractivity contribution < 1.29 is 0 Å². The summed E-state index contributed by atoms with van der Waals surface area (Å²) in [5, 5.41) is 0. The molecular weight excluding hydrogens is 184 g/mol. The third-order valence-corrected chi connectivity index (χ3v) is 2.90. The average molecular weight is 202 g/mol. The zero-order valence-corrected chi connectivity index (χ0v) is 10.1. The smallest absolute Gasteiger partial charge is 0.0913 e. The summed E-state index contributed by atoms with van der Waals surface area (Å²) in [5.74, 6) is 0. The van der Waals surface area contributed by atoms with Crippen molar-refractivity contribution in [1.29, 1.82) is 0 Å². The summed E-state index contributed by atoms with van der Waals surface area (Å²) in [6.45, 7) is 8.90. The number of hydrogen-bond acceptors (Lipinski definition) is 1. The predicted octanol–water partition coefficient (Wildman–Crippen LogP) is 3.18. The number of fused-ring (bicyclic) bond motifs is 1. The van der Waals surface area contributed by atoms with Gasteiger partial charge in [-0.25, -0.2) is 0 Å². The first-order valence-corrected chi connectivity index (χ1v) is 5.33. The van der Waals surface area contributed by atoms with Crippen molar-refractivity contribution in [2.24, 2.45) is 7.05 Å². The van der Waals surface area contributed by atoms with Crippen LogP contribution in [0.2, 0.25) is 0 Å². The maximum absolute atomic E-state index is 4.45. The summed E-state index contributed by atoms with van der Waals surface area (Å²) in [6, 6.07) is 4.12. The van der Waals surface area contributed by atoms with E-state index >= 15 is 0 Å². The Morgan fingerprint density at radius 2 is 1.93 bits per heavy atom. The molecule has 2 nitrogen and oxygen atoms in total. The number of pyridine rings is 1. The molecule has 0 fully saturated rings. The fourth-order valence-electron chi connectivity index (χ4n) is 2.51. The third kappa shape index (κ3) is 1.44. The Bertz CT molecular complexity index is 462. The number of nitrogens with zero attached hydrogens (tertiary/aromatic N) is 2. The number of aryl methyl sites for hydroxylation is 2. The maximum Gasteiger partial charge on any atom is 0.0913 e. The van der Waals surface area contributed by atoms with Crippen molar-refractivity contribution in [2.45, 2.75) is 33.1 Å². The standard InChI is InChI=1S/C13H18N2/c1-9-11-10(7-6-8-14-11)15(5)12(9)13(2,3)4/h6-8H,1-5H3. The lowest BCUT2D eigenvalue weighted by atomic mass is 9.89. The largest absolute Gasteiger partial charge is 0.346 e. The molecule has 0 spiro atoms. The first-order valence-electron chi connectivity index (χ1n) is 5.33. The van der Waals surface area contributed by atoms with Gasteiger partial charge in [-0.2, -0.15) is 0 Å². The second-order valence-corrected chi connectivity index (χ2v) is 5.15. The molecule has 0 amide bonds. The summed E-state index contributed by atoms with van der Waals surface area (Å²) in [5.41, 5.74) is 5.20. The first kappa shape index (κ1) is 10.2. The molecule has 0 N–H and O–H groups in total. The van der Waals surface area contributed by atoms with Gasteiger partial charge in [-0.05, 0) is 24.6 Å². The number of rotatable bonds is 0. The van der Waals surface area contributed by atoms with Gasteiger partial charge < -0.3 is 4.57 Å². The van der Waals surface area contributed by atoms with Crippen molar-refractivity contribution >= 4 is 11.0 Å². The Kier molecular flexibility index (Phi) is 2.10. The number of aromatic nitrogens is 2. The molecule has 0 saturated carbocycles. The van der Waals surface area contributed by atoms with Gasteiger partial charge in [-0.15, -0.1) is 0 Å². The van der Waals surface area contributed by atoms with Crippen molar-refractivity contribution in [2.75, 3.05) is 0 Å². The highest BCUT2D eigenvalue weighted by Crippen LogP contribution is 2.31. The lowest BCUT2D eigenvalue weighted by molar-refractivity contribution is 0.543. The molecule has 0 aliphatic heterocycles. The lowest BCUT2D eigenvalue weighted by Crippen LogP contribution is -2.17. The average Bonchev–Trinajstić information content (AvgIpc) is 2.39. The molecule has 0 atom stereocenters. The van der Waals surface area contributed by atoms with Crippen LogP contribution < -0.4 is 0 Å². The van der Waals surface area contributed by atoms with Gasteiger partial charge in [0.05, 0.1) is 11.0 Å². The molecule has 2 rings (SSSR count). The molecule has 2 aromatic rings. The van der Waals surface area contributed by atoms with Gasteiger partial charge in [-0.3, -0.25) is 4.98 Å². The summed E-state index contributed by atoms with van der Waals surface area (Å²) in [7, 11) is 2.12. The van der Waals surface area contributed by atoms with Crippen LogP contribution in [-0.4, -0.2) is 9.55 Å². The Morgan fingerprint density at radius 3 is 2.47 bits per heavy atom. The highest BCUT2D eigenvalue weighted by molar-refractivity contribution is 5.81. The minimum atomic E-state index is 0.166. The molecule has 0 bridgehead atoms. The van der Waals surface area contributed by atoms with E-state index in [0.717, 1.165) is 5.52 Å². The van der Waals surface area contributed by atoms with E-state index in [1.54, 1.807) is 0 Å². The minimum Gasteiger partial charge on any atom is -0.346 e. The lowest BCUT2D eigenvalue weighted by Gasteiger charge is -2.21. The quantitative estimate of drug-likeness (QED) is 0.641. The topological polar surface area (TPSA) is 17.8 Å². The second kappa shape index (κ2) is 3.09. The molecule has 2 aromatic heterocycles. The Hall–Kier alpha value is -1.31. The van der Waals surface area contributed by atoms with Crippen LogP contribution in [0.5, 0.6) is 0 Å². The van der Waals surface area contributed by atoms with Crippen LogP contribution in [0.3, 0.4) is 0 Å². The predicted molar refractivity (Wildman–Crippen MR) is 64.2 cm³/mol. The molecule has 0 aliphatic carbocycles. The van der Waals surface area contributed by atoms with Gasteiger partial charge in [0.15, 0.2) is 0 Å². The van der Waals surface area contributed by atoms with E-state index in [4.69, 9.17) is 0 Å². The minimum absolute atomic E-state index is 0.166.